The third kappa shape index (κ3) is 2.98. The fraction of sp³-hybridized carbons (Fsp3) is 0.222. The summed E-state index contributed by atoms with van der Waals surface area (Å²) in [4.78, 5) is 21.8. The van der Waals surface area contributed by atoms with Crippen molar-refractivity contribution in [3.63, 3.8) is 0 Å². The van der Waals surface area contributed by atoms with Crippen LogP contribution in [-0.2, 0) is 9.84 Å². The van der Waals surface area contributed by atoms with Gasteiger partial charge in [0.05, 0.1) is 4.92 Å². The molecule has 98 valence electrons. The molecule has 0 aliphatic heterocycles. The molecule has 1 rings (SSSR count). The molecule has 18 heavy (non-hydrogen) atoms. The molecule has 0 heterocycles. The number of halogens is 2. The average Bonchev–Trinajstić information content (AvgIpc) is 2.26. The fourth-order valence-electron chi connectivity index (χ4n) is 1.10. The fourth-order valence-corrected chi connectivity index (χ4v) is 1.97. The first-order valence-corrected chi connectivity index (χ1v) is 7.79. The molecule has 9 heteroatoms. The predicted octanol–water partition coefficient (Wildman–Crippen LogP) is 2.15. The van der Waals surface area contributed by atoms with E-state index in [1.54, 1.807) is 0 Å². The second kappa shape index (κ2) is 5.10. The highest BCUT2D eigenvalue weighted by Gasteiger charge is 2.44. The topological polar surface area (TPSA) is 94.3 Å². The molecule has 0 unspecified atom stereocenters. The van der Waals surface area contributed by atoms with Crippen molar-refractivity contribution in [2.75, 3.05) is 6.26 Å². The summed E-state index contributed by atoms with van der Waals surface area (Å²) < 4.78 is 20.6. The van der Waals surface area contributed by atoms with Crippen LogP contribution in [0.15, 0.2) is 24.3 Å². The van der Waals surface area contributed by atoms with E-state index < -0.39 is 22.8 Å². The summed E-state index contributed by atoms with van der Waals surface area (Å²) in [5.74, 6) is -0.907. The number of benzene rings is 1. The lowest BCUT2D eigenvalue weighted by Crippen LogP contribution is -2.34. The van der Waals surface area contributed by atoms with Crippen LogP contribution in [0.2, 0.25) is 0 Å². The number of hydrogen-bond donors (Lipinski definition) is 0. The second-order valence-electron chi connectivity index (χ2n) is 3.43. The summed E-state index contributed by atoms with van der Waals surface area (Å²) in [6, 6.07) is 4.75. The van der Waals surface area contributed by atoms with Crippen LogP contribution in [0, 0.1) is 10.1 Å². The lowest BCUT2D eigenvalue weighted by atomic mass is 10.1. The maximum Gasteiger partial charge on any atom is 0.270 e. The summed E-state index contributed by atoms with van der Waals surface area (Å²) in [5.41, 5.74) is -0.433. The molecule has 0 bridgehead atoms. The standard InChI is InChI=1S/C9H7ClINO5S/c1-18(16,17)9(10,11)8(13)6-3-2-4-7(5-6)12(14)15/h2-5H,1H3/t9-/m1/s1. The number of sulfone groups is 1. The molecule has 0 radical (unpaired) electrons. The molecule has 0 saturated heterocycles. The first-order valence-electron chi connectivity index (χ1n) is 4.44. The molecule has 0 N–H and O–H groups in total. The van der Waals surface area contributed by atoms with Gasteiger partial charge in [0.2, 0.25) is 5.78 Å². The second-order valence-corrected chi connectivity index (χ2v) is 9.36. The minimum Gasteiger partial charge on any atom is -0.290 e. The monoisotopic (exact) mass is 403 g/mol. The molecular formula is C9H7ClINO5S. The van der Waals surface area contributed by atoms with Crippen LogP contribution in [0.25, 0.3) is 0 Å². The smallest absolute Gasteiger partial charge is 0.270 e. The Morgan fingerprint density at radius 1 is 1.50 bits per heavy atom. The number of nitrogens with zero attached hydrogens (tertiary/aromatic N) is 1. The number of nitro groups is 1. The molecule has 0 saturated carbocycles. The van der Waals surface area contributed by atoms with E-state index in [9.17, 15) is 23.3 Å². The number of hydrogen-bond acceptors (Lipinski definition) is 5. The lowest BCUT2D eigenvalue weighted by molar-refractivity contribution is -0.384. The van der Waals surface area contributed by atoms with E-state index in [0.717, 1.165) is 12.3 Å². The number of rotatable bonds is 4. The van der Waals surface area contributed by atoms with Crippen molar-refractivity contribution in [1.29, 1.82) is 0 Å². The molecule has 0 aromatic heterocycles. The Morgan fingerprint density at radius 2 is 2.06 bits per heavy atom. The summed E-state index contributed by atoms with van der Waals surface area (Å²) in [5, 5.41) is 10.6. The van der Waals surface area contributed by atoms with Crippen molar-refractivity contribution in [1.82, 2.24) is 0 Å². The van der Waals surface area contributed by atoms with Gasteiger partial charge in [-0.25, -0.2) is 8.42 Å². The zero-order chi connectivity index (χ0) is 14.1. The van der Waals surface area contributed by atoms with Crippen LogP contribution in [0.1, 0.15) is 10.4 Å². The Hall–Kier alpha value is -0.740. The van der Waals surface area contributed by atoms with E-state index in [2.05, 4.69) is 0 Å². The summed E-state index contributed by atoms with van der Waals surface area (Å²) in [6.45, 7) is 0. The molecule has 1 atom stereocenters. The third-order valence-electron chi connectivity index (χ3n) is 2.05. The minimum atomic E-state index is -3.85. The van der Waals surface area contributed by atoms with Crippen LogP contribution < -0.4 is 0 Å². The number of Topliss-reactive ketones (excluding diaryl/α,β-unsaturated/α-hetero) is 1. The van der Waals surface area contributed by atoms with Crippen molar-refractivity contribution in [3.05, 3.63) is 39.9 Å². The van der Waals surface area contributed by atoms with Gasteiger partial charge in [-0.3, -0.25) is 14.9 Å². The van der Waals surface area contributed by atoms with E-state index in [1.807, 2.05) is 0 Å². The van der Waals surface area contributed by atoms with Crippen molar-refractivity contribution in [2.45, 2.75) is 2.21 Å². The van der Waals surface area contributed by atoms with Crippen LogP contribution in [0.5, 0.6) is 0 Å². The molecule has 1 aromatic rings. The first kappa shape index (κ1) is 15.3. The molecule has 0 aliphatic rings. The van der Waals surface area contributed by atoms with E-state index in [-0.39, 0.29) is 11.3 Å². The number of ketones is 1. The quantitative estimate of drug-likeness (QED) is 0.252. The third-order valence-corrected chi connectivity index (χ3v) is 7.07. The Kier molecular flexibility index (Phi) is 4.34. The number of non-ortho nitro benzene ring substituents is 1. The number of nitro benzene ring substituents is 1. The zero-order valence-corrected chi connectivity index (χ0v) is 12.7. The molecule has 0 spiro atoms. The molecule has 0 fully saturated rings. The Balaban J connectivity index is 3.28. The van der Waals surface area contributed by atoms with Gasteiger partial charge in [-0.2, -0.15) is 0 Å². The lowest BCUT2D eigenvalue weighted by Gasteiger charge is -2.16. The number of carbonyl (C=O) groups is 1. The predicted molar refractivity (Wildman–Crippen MR) is 74.9 cm³/mol. The van der Waals surface area contributed by atoms with E-state index in [0.29, 0.717) is 0 Å². The summed E-state index contributed by atoms with van der Waals surface area (Å²) in [6.07, 6.45) is 0.821. The average molecular weight is 404 g/mol. The number of carbonyl (C=O) groups excluding carboxylic acids is 1. The Morgan fingerprint density at radius 3 is 2.50 bits per heavy atom. The zero-order valence-electron chi connectivity index (χ0n) is 8.96. The van der Waals surface area contributed by atoms with E-state index in [1.165, 1.54) is 40.8 Å². The molecular weight excluding hydrogens is 397 g/mol. The molecule has 1 aromatic carbocycles. The molecule has 6 nitrogen and oxygen atoms in total. The van der Waals surface area contributed by atoms with Gasteiger partial charge in [0.1, 0.15) is 0 Å². The van der Waals surface area contributed by atoms with Gasteiger partial charge in [-0.05, 0) is 22.6 Å². The molecule has 0 amide bonds. The SMILES string of the molecule is CS(=O)(=O)[C@](Cl)(I)C(=O)c1cccc([N+](=O)[O-])c1. The maximum atomic E-state index is 11.9. The summed E-state index contributed by atoms with van der Waals surface area (Å²) in [7, 11) is -3.85. The van der Waals surface area contributed by atoms with Gasteiger partial charge in [0.15, 0.2) is 9.84 Å². The van der Waals surface area contributed by atoms with Crippen molar-refractivity contribution in [3.8, 4) is 0 Å². The largest absolute Gasteiger partial charge is 0.290 e. The van der Waals surface area contributed by atoms with Gasteiger partial charge in [0, 0.05) is 24.0 Å². The minimum absolute atomic E-state index is 0.126. The maximum absolute atomic E-state index is 11.9. The Labute approximate surface area is 122 Å². The van der Waals surface area contributed by atoms with Crippen molar-refractivity contribution in [2.24, 2.45) is 0 Å². The van der Waals surface area contributed by atoms with Gasteiger partial charge in [0.25, 0.3) is 7.90 Å². The number of alkyl halides is 2. The first-order chi connectivity index (χ1) is 8.07. The van der Waals surface area contributed by atoms with Gasteiger partial charge in [-0.1, -0.05) is 23.7 Å². The summed E-state index contributed by atoms with van der Waals surface area (Å²) >= 11 is 7.01. The highest BCUT2D eigenvalue weighted by atomic mass is 127. The van der Waals surface area contributed by atoms with Crippen LogP contribution in [-0.4, -0.2) is 27.6 Å². The Bertz CT molecular complexity index is 613. The van der Waals surface area contributed by atoms with Crippen molar-refractivity contribution >= 4 is 55.5 Å². The van der Waals surface area contributed by atoms with Crippen LogP contribution in [0.3, 0.4) is 0 Å². The van der Waals surface area contributed by atoms with E-state index >= 15 is 0 Å². The van der Waals surface area contributed by atoms with Crippen LogP contribution in [0.4, 0.5) is 5.69 Å². The van der Waals surface area contributed by atoms with Crippen LogP contribution >= 0.6 is 34.2 Å². The molecule has 0 aliphatic carbocycles. The van der Waals surface area contributed by atoms with Gasteiger partial charge < -0.3 is 0 Å². The van der Waals surface area contributed by atoms with Crippen molar-refractivity contribution < 1.29 is 18.1 Å². The van der Waals surface area contributed by atoms with E-state index in [4.69, 9.17) is 11.6 Å². The highest BCUT2D eigenvalue weighted by molar-refractivity contribution is 14.1. The highest BCUT2D eigenvalue weighted by Crippen LogP contribution is 2.34. The normalized spacial score (nSPS) is 14.8. The van der Waals surface area contributed by atoms with Gasteiger partial charge >= 0.3 is 0 Å². The van der Waals surface area contributed by atoms with Gasteiger partial charge in [-0.15, -0.1) is 0 Å².